The zero-order valence-electron chi connectivity index (χ0n) is 9.26. The van der Waals surface area contributed by atoms with E-state index >= 15 is 0 Å². The number of nitriles is 1. The van der Waals surface area contributed by atoms with Gasteiger partial charge in [-0.3, -0.25) is 0 Å². The normalized spacial score (nSPS) is 9.81. The predicted octanol–water partition coefficient (Wildman–Crippen LogP) is 2.13. The molecule has 0 aliphatic heterocycles. The van der Waals surface area contributed by atoms with Gasteiger partial charge in [0.05, 0.1) is 5.56 Å². The highest BCUT2D eigenvalue weighted by atomic mass is 79.9. The predicted molar refractivity (Wildman–Crippen MR) is 68.3 cm³/mol. The summed E-state index contributed by atoms with van der Waals surface area (Å²) in [5.74, 6) is 0.643. The van der Waals surface area contributed by atoms with Crippen molar-refractivity contribution in [1.82, 2.24) is 10.3 Å². The minimum atomic E-state index is 0.560. The number of nitrogens with one attached hydrogen (secondary N) is 2. The lowest BCUT2D eigenvalue weighted by molar-refractivity contribution is 0.687. The highest BCUT2D eigenvalue weighted by molar-refractivity contribution is 9.10. The standard InChI is InChI=1S/C11H15BrN4/c1-2-3-14-4-5-15-11-9(7-13)6-10(12)8-16-11/h6,8,14H,2-5H2,1H3,(H,15,16). The van der Waals surface area contributed by atoms with E-state index in [1.54, 1.807) is 12.3 Å². The van der Waals surface area contributed by atoms with Gasteiger partial charge in [0.1, 0.15) is 11.9 Å². The fourth-order valence-electron chi connectivity index (χ4n) is 1.24. The molecule has 0 radical (unpaired) electrons. The van der Waals surface area contributed by atoms with Crippen molar-refractivity contribution in [3.05, 3.63) is 22.3 Å². The van der Waals surface area contributed by atoms with Gasteiger partial charge < -0.3 is 10.6 Å². The summed E-state index contributed by atoms with van der Waals surface area (Å²) in [6, 6.07) is 3.87. The second-order valence-corrected chi connectivity index (χ2v) is 4.25. The maximum Gasteiger partial charge on any atom is 0.144 e. The Morgan fingerprint density at radius 3 is 2.94 bits per heavy atom. The molecule has 0 aliphatic carbocycles. The fourth-order valence-corrected chi connectivity index (χ4v) is 1.57. The molecule has 1 aromatic heterocycles. The molecule has 1 aromatic rings. The van der Waals surface area contributed by atoms with Crippen LogP contribution >= 0.6 is 15.9 Å². The third kappa shape index (κ3) is 4.17. The first-order valence-corrected chi connectivity index (χ1v) is 6.07. The van der Waals surface area contributed by atoms with Gasteiger partial charge >= 0.3 is 0 Å². The zero-order valence-corrected chi connectivity index (χ0v) is 10.8. The average Bonchev–Trinajstić information content (AvgIpc) is 2.30. The molecule has 0 unspecified atom stereocenters. The van der Waals surface area contributed by atoms with E-state index in [1.165, 1.54) is 0 Å². The largest absolute Gasteiger partial charge is 0.368 e. The number of pyridine rings is 1. The van der Waals surface area contributed by atoms with E-state index in [2.05, 4.69) is 44.5 Å². The molecule has 0 fully saturated rings. The Balaban J connectivity index is 2.45. The number of hydrogen-bond acceptors (Lipinski definition) is 4. The summed E-state index contributed by atoms with van der Waals surface area (Å²) in [6.07, 6.45) is 2.81. The molecule has 86 valence electrons. The molecule has 1 heterocycles. The summed E-state index contributed by atoms with van der Waals surface area (Å²) < 4.78 is 0.818. The van der Waals surface area contributed by atoms with Crippen LogP contribution in [0.15, 0.2) is 16.7 Å². The van der Waals surface area contributed by atoms with Crippen LogP contribution in [0.3, 0.4) is 0 Å². The first-order chi connectivity index (χ1) is 7.77. The van der Waals surface area contributed by atoms with Gasteiger partial charge in [0.25, 0.3) is 0 Å². The summed E-state index contributed by atoms with van der Waals surface area (Å²) in [4.78, 5) is 4.16. The SMILES string of the molecule is CCCNCCNc1ncc(Br)cc1C#N. The van der Waals surface area contributed by atoms with Crippen molar-refractivity contribution in [2.75, 3.05) is 25.0 Å². The van der Waals surface area contributed by atoms with Crippen molar-refractivity contribution in [3.8, 4) is 6.07 Å². The van der Waals surface area contributed by atoms with Crippen LogP contribution in [0.5, 0.6) is 0 Å². The molecule has 2 N–H and O–H groups in total. The first-order valence-electron chi connectivity index (χ1n) is 5.28. The number of rotatable bonds is 6. The molecule has 0 spiro atoms. The summed E-state index contributed by atoms with van der Waals surface area (Å²) in [5, 5.41) is 15.3. The molecular weight excluding hydrogens is 268 g/mol. The molecule has 0 atom stereocenters. The van der Waals surface area contributed by atoms with Crippen LogP contribution < -0.4 is 10.6 Å². The molecule has 0 saturated carbocycles. The fraction of sp³-hybridized carbons (Fsp3) is 0.455. The van der Waals surface area contributed by atoms with Crippen LogP contribution in [-0.2, 0) is 0 Å². The minimum absolute atomic E-state index is 0.560. The van der Waals surface area contributed by atoms with Crippen molar-refractivity contribution in [3.63, 3.8) is 0 Å². The summed E-state index contributed by atoms with van der Waals surface area (Å²) in [6.45, 7) is 4.78. The van der Waals surface area contributed by atoms with Gasteiger partial charge in [0.15, 0.2) is 0 Å². The van der Waals surface area contributed by atoms with Crippen molar-refractivity contribution >= 4 is 21.7 Å². The third-order valence-electron chi connectivity index (χ3n) is 2.00. The van der Waals surface area contributed by atoms with Crippen LogP contribution in [0.4, 0.5) is 5.82 Å². The second kappa shape index (κ2) is 7.20. The zero-order chi connectivity index (χ0) is 11.8. The van der Waals surface area contributed by atoms with Crippen molar-refractivity contribution in [1.29, 1.82) is 5.26 Å². The van der Waals surface area contributed by atoms with Crippen LogP contribution in [0.1, 0.15) is 18.9 Å². The van der Waals surface area contributed by atoms with Gasteiger partial charge in [0.2, 0.25) is 0 Å². The quantitative estimate of drug-likeness (QED) is 0.785. The molecular formula is C11H15BrN4. The van der Waals surface area contributed by atoms with Gasteiger partial charge in [0, 0.05) is 23.8 Å². The molecule has 0 aromatic carbocycles. The van der Waals surface area contributed by atoms with E-state index in [0.29, 0.717) is 11.4 Å². The first kappa shape index (κ1) is 12.9. The number of aromatic nitrogens is 1. The summed E-state index contributed by atoms with van der Waals surface area (Å²) >= 11 is 3.29. The number of halogens is 1. The summed E-state index contributed by atoms with van der Waals surface area (Å²) in [5.41, 5.74) is 0.560. The van der Waals surface area contributed by atoms with E-state index in [-0.39, 0.29) is 0 Å². The number of hydrogen-bond donors (Lipinski definition) is 2. The molecule has 0 bridgehead atoms. The van der Waals surface area contributed by atoms with Crippen LogP contribution in [0.25, 0.3) is 0 Å². The van der Waals surface area contributed by atoms with Gasteiger partial charge in [-0.1, -0.05) is 6.92 Å². The minimum Gasteiger partial charge on any atom is -0.368 e. The Bertz CT molecular complexity index is 373. The number of nitrogens with zero attached hydrogens (tertiary/aromatic N) is 2. The van der Waals surface area contributed by atoms with Gasteiger partial charge in [-0.05, 0) is 35.0 Å². The lowest BCUT2D eigenvalue weighted by Crippen LogP contribution is -2.23. The Morgan fingerprint density at radius 1 is 1.44 bits per heavy atom. The van der Waals surface area contributed by atoms with Crippen molar-refractivity contribution < 1.29 is 0 Å². The maximum absolute atomic E-state index is 8.92. The van der Waals surface area contributed by atoms with E-state index < -0.39 is 0 Å². The molecule has 0 aliphatic rings. The van der Waals surface area contributed by atoms with Crippen molar-refractivity contribution in [2.45, 2.75) is 13.3 Å². The van der Waals surface area contributed by atoms with Crippen LogP contribution in [0.2, 0.25) is 0 Å². The maximum atomic E-state index is 8.92. The molecule has 0 saturated heterocycles. The lowest BCUT2D eigenvalue weighted by Gasteiger charge is -2.07. The molecule has 0 amide bonds. The monoisotopic (exact) mass is 282 g/mol. The van der Waals surface area contributed by atoms with E-state index in [4.69, 9.17) is 5.26 Å². The van der Waals surface area contributed by atoms with E-state index in [9.17, 15) is 0 Å². The van der Waals surface area contributed by atoms with Gasteiger partial charge in [-0.15, -0.1) is 0 Å². The Hall–Kier alpha value is -1.12. The lowest BCUT2D eigenvalue weighted by atomic mass is 10.3. The Labute approximate surface area is 104 Å². The van der Waals surface area contributed by atoms with Gasteiger partial charge in [-0.25, -0.2) is 4.98 Å². The van der Waals surface area contributed by atoms with Crippen LogP contribution in [-0.4, -0.2) is 24.6 Å². The van der Waals surface area contributed by atoms with Crippen molar-refractivity contribution in [2.24, 2.45) is 0 Å². The van der Waals surface area contributed by atoms with E-state index in [0.717, 1.165) is 30.5 Å². The highest BCUT2D eigenvalue weighted by Gasteiger charge is 2.02. The molecule has 5 heteroatoms. The number of anilines is 1. The summed E-state index contributed by atoms with van der Waals surface area (Å²) in [7, 11) is 0. The second-order valence-electron chi connectivity index (χ2n) is 3.34. The molecule has 4 nitrogen and oxygen atoms in total. The molecule has 16 heavy (non-hydrogen) atoms. The molecule has 1 rings (SSSR count). The Morgan fingerprint density at radius 2 is 2.25 bits per heavy atom. The average molecular weight is 283 g/mol. The highest BCUT2D eigenvalue weighted by Crippen LogP contribution is 2.16. The van der Waals surface area contributed by atoms with Gasteiger partial charge in [-0.2, -0.15) is 5.26 Å². The smallest absolute Gasteiger partial charge is 0.144 e. The van der Waals surface area contributed by atoms with E-state index in [1.807, 2.05) is 0 Å². The topological polar surface area (TPSA) is 60.7 Å². The third-order valence-corrected chi connectivity index (χ3v) is 2.43. The Kier molecular flexibility index (Phi) is 5.83. The van der Waals surface area contributed by atoms with Crippen LogP contribution in [0, 0.1) is 11.3 Å².